The Kier molecular flexibility index (Phi) is 4.96. The summed E-state index contributed by atoms with van der Waals surface area (Å²) in [5.74, 6) is -4.53. The number of allylic oxidation sites excluding steroid dienone is 2. The number of hydrogen-bond acceptors (Lipinski definition) is 5. The zero-order valence-corrected chi connectivity index (χ0v) is 19.8. The van der Waals surface area contributed by atoms with E-state index in [9.17, 15) is 24.3 Å². The Balaban J connectivity index is 1.72. The lowest BCUT2D eigenvalue weighted by molar-refractivity contribution is -0.141. The normalized spacial score (nSPS) is 37.8. The number of imide groups is 2. The number of fused-ring (bicyclic) bond motifs is 4. The number of aromatic hydroxyl groups is 1. The minimum atomic E-state index is -1.87. The molecule has 1 aromatic carbocycles. The number of para-hydroxylation sites is 1. The van der Waals surface area contributed by atoms with E-state index in [-0.39, 0.29) is 24.0 Å². The summed E-state index contributed by atoms with van der Waals surface area (Å²) < 4.78 is 0. The van der Waals surface area contributed by atoms with E-state index < -0.39 is 45.2 Å². The van der Waals surface area contributed by atoms with Crippen LogP contribution in [0.1, 0.15) is 37.7 Å². The molecule has 2 aliphatic carbocycles. The number of likely N-dealkylation sites (tertiary alicyclic amines) is 2. The molecule has 6 atom stereocenters. The van der Waals surface area contributed by atoms with Gasteiger partial charge in [0.15, 0.2) is 9.75 Å². The third-order valence-electron chi connectivity index (χ3n) is 7.80. The molecule has 2 aliphatic heterocycles. The molecule has 0 bridgehead atoms. The number of halogens is 2. The summed E-state index contributed by atoms with van der Waals surface area (Å²) in [7, 11) is 1.34. The third-order valence-corrected chi connectivity index (χ3v) is 9.21. The van der Waals surface area contributed by atoms with Gasteiger partial charge in [-0.2, -0.15) is 0 Å². The van der Waals surface area contributed by atoms with Gasteiger partial charge >= 0.3 is 0 Å². The van der Waals surface area contributed by atoms with Crippen molar-refractivity contribution in [1.29, 1.82) is 0 Å². The predicted molar refractivity (Wildman–Crippen MR) is 121 cm³/mol. The summed E-state index contributed by atoms with van der Waals surface area (Å²) in [5.41, 5.74) is 1.05. The van der Waals surface area contributed by atoms with E-state index in [1.807, 2.05) is 13.0 Å². The topological polar surface area (TPSA) is 95.0 Å². The van der Waals surface area contributed by atoms with E-state index in [4.69, 9.17) is 23.2 Å². The van der Waals surface area contributed by atoms with Gasteiger partial charge in [0.05, 0.1) is 11.8 Å². The molecule has 1 saturated carbocycles. The van der Waals surface area contributed by atoms with Crippen molar-refractivity contribution in [1.82, 2.24) is 9.80 Å². The average molecular weight is 491 g/mol. The van der Waals surface area contributed by atoms with Crippen LogP contribution < -0.4 is 0 Å². The highest BCUT2D eigenvalue weighted by Gasteiger charge is 2.76. The molecule has 2 saturated heterocycles. The smallest absolute Gasteiger partial charge is 0.253 e. The van der Waals surface area contributed by atoms with Crippen molar-refractivity contribution in [3.05, 3.63) is 41.5 Å². The molecule has 1 N–H and O–H groups in total. The Bertz CT molecular complexity index is 1140. The van der Waals surface area contributed by atoms with E-state index in [2.05, 4.69) is 0 Å². The Morgan fingerprint density at radius 1 is 1.06 bits per heavy atom. The highest BCUT2D eigenvalue weighted by atomic mass is 35.5. The second-order valence-corrected chi connectivity index (χ2v) is 10.6. The number of nitrogens with zero attached hydrogens (tertiary/aromatic N) is 2. The zero-order chi connectivity index (χ0) is 23.9. The predicted octanol–water partition coefficient (Wildman–Crippen LogP) is 2.79. The third kappa shape index (κ3) is 2.63. The lowest BCUT2D eigenvalue weighted by Crippen LogP contribution is -2.60. The minimum absolute atomic E-state index is 0.0386. The lowest BCUT2D eigenvalue weighted by atomic mass is 9.56. The molecule has 0 radical (unpaired) electrons. The fourth-order valence-electron chi connectivity index (χ4n) is 6.33. The maximum absolute atomic E-state index is 13.4. The molecule has 0 spiro atoms. The maximum Gasteiger partial charge on any atom is 0.253 e. The molecule has 0 aromatic heterocycles. The van der Waals surface area contributed by atoms with Gasteiger partial charge in [-0.05, 0) is 31.2 Å². The van der Waals surface area contributed by atoms with Gasteiger partial charge in [-0.3, -0.25) is 29.0 Å². The highest BCUT2D eigenvalue weighted by molar-refractivity contribution is 6.53. The first kappa shape index (κ1) is 22.4. The van der Waals surface area contributed by atoms with E-state index in [0.29, 0.717) is 30.5 Å². The molecule has 9 heteroatoms. The van der Waals surface area contributed by atoms with Gasteiger partial charge in [0.25, 0.3) is 11.8 Å². The number of phenols is 1. The Morgan fingerprint density at radius 2 is 1.76 bits per heavy atom. The standard InChI is InChI=1S/C24H24Cl2N2O5/c1-3-10-28-19(30)14-9-8-12-15(17(14)20(28)31)11-23(25)21(32)27(2)22(33)24(23,26)18(12)13-6-4-5-7-16(13)29/h4-8,14-15,17-18,29H,3,9-11H2,1-2H3/t14-,15+,17-,18+,23+,24-/m0/s1. The Labute approximate surface area is 201 Å². The number of alkyl halides is 2. The van der Waals surface area contributed by atoms with Gasteiger partial charge in [0, 0.05) is 25.1 Å². The van der Waals surface area contributed by atoms with Crippen LogP contribution >= 0.6 is 23.2 Å². The van der Waals surface area contributed by atoms with Crippen LogP contribution in [0.3, 0.4) is 0 Å². The van der Waals surface area contributed by atoms with Crippen LogP contribution in [0.4, 0.5) is 0 Å². The van der Waals surface area contributed by atoms with Crippen LogP contribution in [-0.4, -0.2) is 61.9 Å². The first-order chi connectivity index (χ1) is 15.6. The van der Waals surface area contributed by atoms with Crippen molar-refractivity contribution in [3.8, 4) is 5.75 Å². The lowest BCUT2D eigenvalue weighted by Gasteiger charge is -2.50. The van der Waals surface area contributed by atoms with Gasteiger partial charge in [-0.15, -0.1) is 23.2 Å². The second-order valence-electron chi connectivity index (χ2n) is 9.38. The number of carbonyl (C=O) groups is 4. The van der Waals surface area contributed by atoms with Crippen molar-refractivity contribution in [2.24, 2.45) is 17.8 Å². The zero-order valence-electron chi connectivity index (χ0n) is 18.3. The van der Waals surface area contributed by atoms with Crippen LogP contribution in [0.5, 0.6) is 5.75 Å². The Morgan fingerprint density at radius 3 is 2.42 bits per heavy atom. The van der Waals surface area contributed by atoms with Crippen LogP contribution in [0.25, 0.3) is 0 Å². The highest BCUT2D eigenvalue weighted by Crippen LogP contribution is 2.65. The van der Waals surface area contributed by atoms with Gasteiger partial charge in [-0.25, -0.2) is 0 Å². The Hall–Kier alpha value is -2.38. The number of hydrogen-bond donors (Lipinski definition) is 1. The number of amides is 4. The first-order valence-electron chi connectivity index (χ1n) is 11.1. The van der Waals surface area contributed by atoms with Crippen LogP contribution in [0.2, 0.25) is 0 Å². The van der Waals surface area contributed by atoms with Gasteiger partial charge in [-0.1, -0.05) is 36.8 Å². The summed E-state index contributed by atoms with van der Waals surface area (Å²) in [6.07, 6.45) is 2.79. The molecule has 3 fully saturated rings. The van der Waals surface area contributed by atoms with Crippen molar-refractivity contribution in [2.45, 2.75) is 41.9 Å². The molecule has 2 heterocycles. The van der Waals surface area contributed by atoms with E-state index >= 15 is 0 Å². The molecule has 4 amide bonds. The van der Waals surface area contributed by atoms with Gasteiger partial charge < -0.3 is 5.11 Å². The molecule has 0 unspecified atom stereocenters. The number of carbonyl (C=O) groups excluding carboxylic acids is 4. The molecule has 1 aromatic rings. The molecule has 33 heavy (non-hydrogen) atoms. The van der Waals surface area contributed by atoms with Crippen LogP contribution in [0, 0.1) is 17.8 Å². The van der Waals surface area contributed by atoms with E-state index in [1.54, 1.807) is 18.2 Å². The monoisotopic (exact) mass is 490 g/mol. The molecular weight excluding hydrogens is 467 g/mol. The molecule has 5 rings (SSSR count). The summed E-state index contributed by atoms with van der Waals surface area (Å²) in [6.45, 7) is 2.23. The number of benzene rings is 1. The van der Waals surface area contributed by atoms with Gasteiger partial charge in [0.1, 0.15) is 5.75 Å². The minimum Gasteiger partial charge on any atom is -0.508 e. The maximum atomic E-state index is 13.4. The van der Waals surface area contributed by atoms with Crippen molar-refractivity contribution in [3.63, 3.8) is 0 Å². The molecule has 174 valence electrons. The molecular formula is C24H24Cl2N2O5. The van der Waals surface area contributed by atoms with Crippen molar-refractivity contribution >= 4 is 46.8 Å². The summed E-state index contributed by atoms with van der Waals surface area (Å²) >= 11 is 14.1. The largest absolute Gasteiger partial charge is 0.508 e. The van der Waals surface area contributed by atoms with E-state index in [0.717, 1.165) is 4.90 Å². The molecule has 7 nitrogen and oxygen atoms in total. The summed E-state index contributed by atoms with van der Waals surface area (Å²) in [5, 5.41) is 10.7. The van der Waals surface area contributed by atoms with Crippen LogP contribution in [0.15, 0.2) is 35.9 Å². The summed E-state index contributed by atoms with van der Waals surface area (Å²) in [4.78, 5) is 51.6. The SMILES string of the molecule is CCCN1C(=O)[C@H]2[C@H](CC=C3[C@H]2C[C@@]2(Cl)C(=O)N(C)C(=O)[C@@]2(Cl)[C@H]3c2ccccc2O)C1=O. The van der Waals surface area contributed by atoms with Gasteiger partial charge in [0.2, 0.25) is 11.8 Å². The number of rotatable bonds is 3. The van der Waals surface area contributed by atoms with E-state index in [1.165, 1.54) is 18.0 Å². The fraction of sp³-hybridized carbons (Fsp3) is 0.500. The fourth-order valence-corrected chi connectivity index (χ4v) is 7.34. The van der Waals surface area contributed by atoms with Crippen molar-refractivity contribution < 1.29 is 24.3 Å². The number of phenolic OH excluding ortho intramolecular Hbond substituents is 1. The molecule has 4 aliphatic rings. The average Bonchev–Trinajstić information content (AvgIpc) is 3.10. The first-order valence-corrected chi connectivity index (χ1v) is 11.9. The van der Waals surface area contributed by atoms with Crippen molar-refractivity contribution in [2.75, 3.05) is 13.6 Å². The van der Waals surface area contributed by atoms with Crippen LogP contribution in [-0.2, 0) is 19.2 Å². The summed E-state index contributed by atoms with van der Waals surface area (Å²) in [6, 6.07) is 6.49. The quantitative estimate of drug-likeness (QED) is 0.399. The second kappa shape index (κ2) is 7.31.